The Morgan fingerprint density at radius 2 is 1.88 bits per heavy atom. The molecule has 0 spiro atoms. The Labute approximate surface area is 101 Å². The lowest BCUT2D eigenvalue weighted by Gasteiger charge is -2.00. The minimum atomic E-state index is -0.658. The van der Waals surface area contributed by atoms with Gasteiger partial charge < -0.3 is 5.41 Å². The van der Waals surface area contributed by atoms with Gasteiger partial charge in [-0.3, -0.25) is 0 Å². The molecular weight excluding hydrogens is 220 g/mol. The summed E-state index contributed by atoms with van der Waals surface area (Å²) < 4.78 is 24.4. The van der Waals surface area contributed by atoms with Crippen molar-refractivity contribution in [3.63, 3.8) is 0 Å². The van der Waals surface area contributed by atoms with Crippen LogP contribution in [-0.2, 0) is 0 Å². The zero-order chi connectivity index (χ0) is 13.3. The number of allylic oxidation sites excluding steroid dienone is 8. The normalized spacial score (nSPS) is 12.9. The highest BCUT2D eigenvalue weighted by Crippen LogP contribution is 2.10. The SMILES string of the molecule is C=C(/C=C(\C=N)C(=C)/C=C\C=C(/C)CF)CF. The molecule has 0 rings (SSSR count). The lowest BCUT2D eigenvalue weighted by molar-refractivity contribution is 0.543. The molecule has 1 N–H and O–H groups in total. The molecule has 17 heavy (non-hydrogen) atoms. The second-order valence-electron chi connectivity index (χ2n) is 3.57. The van der Waals surface area contributed by atoms with Crippen LogP contribution in [0, 0.1) is 5.41 Å². The first-order chi connectivity index (χ1) is 8.04. The van der Waals surface area contributed by atoms with Crippen LogP contribution in [0.1, 0.15) is 6.92 Å². The monoisotopic (exact) mass is 237 g/mol. The van der Waals surface area contributed by atoms with Crippen molar-refractivity contribution in [2.24, 2.45) is 0 Å². The second kappa shape index (κ2) is 8.39. The first-order valence-electron chi connectivity index (χ1n) is 5.10. The molecule has 0 atom stereocenters. The Kier molecular flexibility index (Phi) is 7.52. The van der Waals surface area contributed by atoms with Gasteiger partial charge in [-0.05, 0) is 35.3 Å². The molecule has 0 unspecified atom stereocenters. The zero-order valence-corrected chi connectivity index (χ0v) is 9.97. The van der Waals surface area contributed by atoms with E-state index in [1.807, 2.05) is 0 Å². The summed E-state index contributed by atoms with van der Waals surface area (Å²) >= 11 is 0. The lowest BCUT2D eigenvalue weighted by atomic mass is 10.1. The van der Waals surface area contributed by atoms with E-state index in [2.05, 4.69) is 13.2 Å². The van der Waals surface area contributed by atoms with E-state index < -0.39 is 13.3 Å². The summed E-state index contributed by atoms with van der Waals surface area (Å²) in [5.74, 6) is 0. The van der Waals surface area contributed by atoms with Crippen molar-refractivity contribution in [2.75, 3.05) is 13.3 Å². The third kappa shape index (κ3) is 6.40. The fraction of sp³-hybridized carbons (Fsp3) is 0.214. The summed E-state index contributed by atoms with van der Waals surface area (Å²) in [4.78, 5) is 0. The molecule has 92 valence electrons. The van der Waals surface area contributed by atoms with Crippen molar-refractivity contribution in [1.29, 1.82) is 5.41 Å². The van der Waals surface area contributed by atoms with Crippen LogP contribution >= 0.6 is 0 Å². The van der Waals surface area contributed by atoms with Gasteiger partial charge in [0.05, 0.1) is 0 Å². The van der Waals surface area contributed by atoms with Gasteiger partial charge in [0.15, 0.2) is 0 Å². The Morgan fingerprint density at radius 1 is 1.24 bits per heavy atom. The number of halogens is 2. The first-order valence-corrected chi connectivity index (χ1v) is 5.10. The number of nitrogens with one attached hydrogen (secondary N) is 1. The predicted molar refractivity (Wildman–Crippen MR) is 70.0 cm³/mol. The maximum atomic E-state index is 12.2. The molecule has 0 bridgehead atoms. The van der Waals surface area contributed by atoms with Crippen molar-refractivity contribution in [3.8, 4) is 0 Å². The molecular formula is C14H17F2N. The third-order valence-electron chi connectivity index (χ3n) is 1.95. The second-order valence-corrected chi connectivity index (χ2v) is 3.57. The summed E-state index contributed by atoms with van der Waals surface area (Å²) in [6.07, 6.45) is 7.45. The van der Waals surface area contributed by atoms with E-state index in [9.17, 15) is 8.78 Å². The van der Waals surface area contributed by atoms with Gasteiger partial charge in [0, 0.05) is 6.21 Å². The summed E-state index contributed by atoms with van der Waals surface area (Å²) in [6, 6.07) is 0. The fourth-order valence-electron chi connectivity index (χ4n) is 0.955. The highest BCUT2D eigenvalue weighted by Gasteiger charge is 1.97. The highest BCUT2D eigenvalue weighted by molar-refractivity contribution is 5.84. The average Bonchev–Trinajstić information content (AvgIpc) is 2.34. The van der Waals surface area contributed by atoms with Crippen LogP contribution in [0.4, 0.5) is 8.78 Å². The molecule has 0 radical (unpaired) electrons. The molecule has 0 fully saturated rings. The minimum Gasteiger partial charge on any atom is -0.308 e. The average molecular weight is 237 g/mol. The molecule has 0 aromatic carbocycles. The van der Waals surface area contributed by atoms with Gasteiger partial charge in [-0.1, -0.05) is 31.4 Å². The molecule has 0 aliphatic heterocycles. The number of rotatable bonds is 7. The Morgan fingerprint density at radius 3 is 2.35 bits per heavy atom. The van der Waals surface area contributed by atoms with Crippen LogP contribution < -0.4 is 0 Å². The molecule has 0 heterocycles. The topological polar surface area (TPSA) is 23.9 Å². The smallest absolute Gasteiger partial charge is 0.114 e. The van der Waals surface area contributed by atoms with E-state index in [0.717, 1.165) is 6.21 Å². The van der Waals surface area contributed by atoms with Gasteiger partial charge in [-0.15, -0.1) is 0 Å². The zero-order valence-electron chi connectivity index (χ0n) is 9.97. The quantitative estimate of drug-likeness (QED) is 0.509. The van der Waals surface area contributed by atoms with Crippen LogP contribution in [0.25, 0.3) is 0 Å². The van der Waals surface area contributed by atoms with Crippen LogP contribution in [0.5, 0.6) is 0 Å². The van der Waals surface area contributed by atoms with Crippen molar-refractivity contribution in [1.82, 2.24) is 0 Å². The van der Waals surface area contributed by atoms with E-state index in [-0.39, 0.29) is 5.57 Å². The maximum absolute atomic E-state index is 12.2. The maximum Gasteiger partial charge on any atom is 0.114 e. The third-order valence-corrected chi connectivity index (χ3v) is 1.95. The largest absolute Gasteiger partial charge is 0.308 e. The van der Waals surface area contributed by atoms with E-state index in [4.69, 9.17) is 5.41 Å². The van der Waals surface area contributed by atoms with Crippen LogP contribution in [-0.4, -0.2) is 19.6 Å². The van der Waals surface area contributed by atoms with Crippen LogP contribution in [0.3, 0.4) is 0 Å². The molecule has 1 nitrogen and oxygen atoms in total. The van der Waals surface area contributed by atoms with E-state index in [1.54, 1.807) is 25.2 Å². The minimum absolute atomic E-state index is 0.286. The van der Waals surface area contributed by atoms with Crippen molar-refractivity contribution in [2.45, 2.75) is 6.92 Å². The van der Waals surface area contributed by atoms with Gasteiger partial charge >= 0.3 is 0 Å². The molecule has 3 heteroatoms. The van der Waals surface area contributed by atoms with Crippen molar-refractivity contribution < 1.29 is 8.78 Å². The number of hydrogen-bond donors (Lipinski definition) is 1. The number of alkyl halides is 2. The standard InChI is InChI=1S/C14H17F2N/c1-11(8-15)5-4-6-13(3)14(10-17)7-12(2)9-16/h4-7,10,17H,2-3,8-9H2,1H3/b6-4-,11-5+,14-7+,17-10?. The first kappa shape index (κ1) is 15.2. The molecule has 0 aromatic rings. The molecule has 0 aliphatic rings. The van der Waals surface area contributed by atoms with Gasteiger partial charge in [-0.2, -0.15) is 0 Å². The predicted octanol–water partition coefficient (Wildman–Crippen LogP) is 4.12. The Bertz CT molecular complexity index is 387. The molecule has 0 aliphatic carbocycles. The molecule has 0 saturated heterocycles. The van der Waals surface area contributed by atoms with Crippen LogP contribution in [0.15, 0.2) is 59.8 Å². The molecule has 0 saturated carbocycles. The van der Waals surface area contributed by atoms with Gasteiger partial charge in [-0.25, -0.2) is 8.78 Å². The summed E-state index contributed by atoms with van der Waals surface area (Å²) in [6.45, 7) is 7.74. The summed E-state index contributed by atoms with van der Waals surface area (Å²) in [5.41, 5.74) is 1.92. The van der Waals surface area contributed by atoms with Crippen molar-refractivity contribution >= 4 is 6.21 Å². The van der Waals surface area contributed by atoms with Crippen molar-refractivity contribution in [3.05, 3.63) is 59.8 Å². The lowest BCUT2D eigenvalue weighted by Crippen LogP contribution is -1.89. The summed E-state index contributed by atoms with van der Waals surface area (Å²) in [7, 11) is 0. The van der Waals surface area contributed by atoms with Crippen LogP contribution in [0.2, 0.25) is 0 Å². The Hall–Kier alpha value is -1.77. The van der Waals surface area contributed by atoms with Gasteiger partial charge in [0.25, 0.3) is 0 Å². The molecule has 0 amide bonds. The fourth-order valence-corrected chi connectivity index (χ4v) is 0.955. The van der Waals surface area contributed by atoms with Gasteiger partial charge in [0.1, 0.15) is 13.3 Å². The van der Waals surface area contributed by atoms with E-state index >= 15 is 0 Å². The highest BCUT2D eigenvalue weighted by atomic mass is 19.1. The Balaban J connectivity index is 4.74. The van der Waals surface area contributed by atoms with E-state index in [0.29, 0.717) is 16.7 Å². The van der Waals surface area contributed by atoms with E-state index in [1.165, 1.54) is 6.08 Å². The molecule has 0 aromatic heterocycles. The number of hydrogen-bond acceptors (Lipinski definition) is 1. The summed E-state index contributed by atoms with van der Waals surface area (Å²) in [5, 5.41) is 7.19. The van der Waals surface area contributed by atoms with Gasteiger partial charge in [0.2, 0.25) is 0 Å².